The normalized spacial score (nSPS) is 18.0. The lowest BCUT2D eigenvalue weighted by atomic mass is 10.0. The van der Waals surface area contributed by atoms with Crippen LogP contribution in [0.15, 0.2) is 60.3 Å². The molecule has 0 aliphatic carbocycles. The number of carbonyl (C=O) groups is 2. The summed E-state index contributed by atoms with van der Waals surface area (Å²) in [6.07, 6.45) is -4.58. The Morgan fingerprint density at radius 1 is 0.862 bits per heavy atom. The van der Waals surface area contributed by atoms with Crippen molar-refractivity contribution in [2.45, 2.75) is 6.18 Å². The summed E-state index contributed by atoms with van der Waals surface area (Å²) in [5.41, 5.74) is -0.0955. The Bertz CT molecular complexity index is 980. The van der Waals surface area contributed by atoms with E-state index in [0.29, 0.717) is 31.9 Å². The highest BCUT2D eigenvalue weighted by Gasteiger charge is 2.43. The van der Waals surface area contributed by atoms with Crippen molar-refractivity contribution >= 4 is 23.1 Å². The lowest BCUT2D eigenvalue weighted by Crippen LogP contribution is -2.40. The number of carbonyl (C=O) groups excluding carboxylic acids is 2. The Kier molecular flexibility index (Phi) is 4.87. The van der Waals surface area contributed by atoms with Gasteiger partial charge >= 0.3 is 6.18 Å². The molecule has 0 bridgehead atoms. The van der Waals surface area contributed by atoms with E-state index in [1.807, 2.05) is 0 Å². The number of morpholine rings is 1. The van der Waals surface area contributed by atoms with Gasteiger partial charge in [-0.2, -0.15) is 13.2 Å². The Morgan fingerprint density at radius 3 is 2.21 bits per heavy atom. The van der Waals surface area contributed by atoms with Crippen molar-refractivity contribution in [3.63, 3.8) is 0 Å². The molecule has 2 aromatic rings. The molecular weight excluding hydrogens is 385 g/mol. The molecular formula is C21H17F3N2O3. The van der Waals surface area contributed by atoms with Crippen molar-refractivity contribution < 1.29 is 27.5 Å². The van der Waals surface area contributed by atoms with E-state index in [4.69, 9.17) is 4.74 Å². The molecule has 2 heterocycles. The Hall–Kier alpha value is -3.13. The molecule has 0 unspecified atom stereocenters. The van der Waals surface area contributed by atoms with Crippen LogP contribution in [0.1, 0.15) is 11.1 Å². The summed E-state index contributed by atoms with van der Waals surface area (Å²) >= 11 is 0. The lowest BCUT2D eigenvalue weighted by Gasteiger charge is -2.29. The monoisotopic (exact) mass is 402 g/mol. The molecule has 1 saturated heterocycles. The summed E-state index contributed by atoms with van der Waals surface area (Å²) in [5.74, 6) is -1.27. The van der Waals surface area contributed by atoms with Gasteiger partial charge in [-0.25, -0.2) is 4.90 Å². The number of anilines is 1. The summed E-state index contributed by atoms with van der Waals surface area (Å²) in [4.78, 5) is 29.1. The highest BCUT2D eigenvalue weighted by Crippen LogP contribution is 2.37. The lowest BCUT2D eigenvalue weighted by molar-refractivity contribution is -0.137. The van der Waals surface area contributed by atoms with Crippen LogP contribution in [0.3, 0.4) is 0 Å². The molecule has 0 radical (unpaired) electrons. The van der Waals surface area contributed by atoms with Crippen molar-refractivity contribution in [1.82, 2.24) is 4.90 Å². The third-order valence-electron chi connectivity index (χ3n) is 4.88. The van der Waals surface area contributed by atoms with E-state index in [2.05, 4.69) is 0 Å². The topological polar surface area (TPSA) is 49.9 Å². The first-order chi connectivity index (χ1) is 13.9. The van der Waals surface area contributed by atoms with Gasteiger partial charge in [0.05, 0.1) is 30.0 Å². The zero-order valence-corrected chi connectivity index (χ0v) is 15.3. The highest BCUT2D eigenvalue weighted by atomic mass is 19.4. The summed E-state index contributed by atoms with van der Waals surface area (Å²) < 4.78 is 44.7. The predicted molar refractivity (Wildman–Crippen MR) is 99.7 cm³/mol. The molecule has 0 saturated carbocycles. The molecule has 0 spiro atoms. The SMILES string of the molecule is O=C1C(c2ccccc2)=C(N2CCOCC2)C(=O)N1c1cccc(C(F)(F)F)c1. The van der Waals surface area contributed by atoms with Gasteiger partial charge in [0, 0.05) is 13.1 Å². The molecule has 2 amide bonds. The number of benzene rings is 2. The van der Waals surface area contributed by atoms with Gasteiger partial charge in [0.1, 0.15) is 5.70 Å². The van der Waals surface area contributed by atoms with Crippen LogP contribution in [0.5, 0.6) is 0 Å². The van der Waals surface area contributed by atoms with Crippen LogP contribution in [-0.2, 0) is 20.5 Å². The van der Waals surface area contributed by atoms with Crippen LogP contribution in [-0.4, -0.2) is 43.0 Å². The summed E-state index contributed by atoms with van der Waals surface area (Å²) in [6, 6.07) is 12.9. The van der Waals surface area contributed by atoms with E-state index in [-0.39, 0.29) is 17.0 Å². The molecule has 2 aliphatic rings. The number of nitrogens with zero attached hydrogens (tertiary/aromatic N) is 2. The molecule has 0 aromatic heterocycles. The number of halogens is 3. The summed E-state index contributed by atoms with van der Waals surface area (Å²) in [6.45, 7) is 1.63. The Morgan fingerprint density at radius 2 is 1.55 bits per heavy atom. The van der Waals surface area contributed by atoms with Crippen LogP contribution >= 0.6 is 0 Å². The summed E-state index contributed by atoms with van der Waals surface area (Å²) in [5, 5.41) is 0. The minimum Gasteiger partial charge on any atom is -0.378 e. The second-order valence-corrected chi connectivity index (χ2v) is 6.68. The molecule has 0 N–H and O–H groups in total. The number of alkyl halides is 3. The number of amides is 2. The van der Waals surface area contributed by atoms with E-state index in [9.17, 15) is 22.8 Å². The largest absolute Gasteiger partial charge is 0.416 e. The first kappa shape index (κ1) is 19.2. The van der Waals surface area contributed by atoms with E-state index >= 15 is 0 Å². The van der Waals surface area contributed by atoms with Crippen LogP contribution in [0, 0.1) is 0 Å². The average Bonchev–Trinajstić information content (AvgIpc) is 2.99. The van der Waals surface area contributed by atoms with Gasteiger partial charge in [-0.3, -0.25) is 9.59 Å². The maximum absolute atomic E-state index is 13.2. The first-order valence-corrected chi connectivity index (χ1v) is 9.06. The Labute approximate surface area is 165 Å². The van der Waals surface area contributed by atoms with E-state index < -0.39 is 23.6 Å². The second kappa shape index (κ2) is 7.36. The van der Waals surface area contributed by atoms with Crippen molar-refractivity contribution in [1.29, 1.82) is 0 Å². The van der Waals surface area contributed by atoms with Gasteiger partial charge < -0.3 is 9.64 Å². The number of rotatable bonds is 3. The summed E-state index contributed by atoms with van der Waals surface area (Å²) in [7, 11) is 0. The average molecular weight is 402 g/mol. The van der Waals surface area contributed by atoms with Gasteiger partial charge in [-0.1, -0.05) is 36.4 Å². The molecule has 29 heavy (non-hydrogen) atoms. The van der Waals surface area contributed by atoms with Gasteiger partial charge in [0.25, 0.3) is 11.8 Å². The van der Waals surface area contributed by atoms with E-state index in [0.717, 1.165) is 17.0 Å². The minimum atomic E-state index is -4.58. The quantitative estimate of drug-likeness (QED) is 0.740. The first-order valence-electron chi connectivity index (χ1n) is 9.06. The Balaban J connectivity index is 1.81. The van der Waals surface area contributed by atoms with Crippen molar-refractivity contribution in [3.8, 4) is 0 Å². The molecule has 1 fully saturated rings. The smallest absolute Gasteiger partial charge is 0.378 e. The van der Waals surface area contributed by atoms with Gasteiger partial charge in [-0.15, -0.1) is 0 Å². The molecule has 2 aliphatic heterocycles. The third-order valence-corrected chi connectivity index (χ3v) is 4.88. The van der Waals surface area contributed by atoms with Crippen LogP contribution in [0.25, 0.3) is 5.57 Å². The van der Waals surface area contributed by atoms with E-state index in [1.54, 1.807) is 35.2 Å². The zero-order valence-electron chi connectivity index (χ0n) is 15.3. The fourth-order valence-corrected chi connectivity index (χ4v) is 3.52. The van der Waals surface area contributed by atoms with Crippen LogP contribution in [0.2, 0.25) is 0 Å². The molecule has 5 nitrogen and oxygen atoms in total. The fourth-order valence-electron chi connectivity index (χ4n) is 3.52. The van der Waals surface area contributed by atoms with Crippen molar-refractivity contribution in [2.24, 2.45) is 0 Å². The molecule has 150 valence electrons. The van der Waals surface area contributed by atoms with Crippen molar-refractivity contribution in [2.75, 3.05) is 31.2 Å². The number of imide groups is 1. The maximum Gasteiger partial charge on any atom is 0.416 e. The third kappa shape index (κ3) is 3.51. The molecule has 4 rings (SSSR count). The fraction of sp³-hybridized carbons (Fsp3) is 0.238. The van der Waals surface area contributed by atoms with Gasteiger partial charge in [-0.05, 0) is 23.8 Å². The number of ether oxygens (including phenoxy) is 1. The van der Waals surface area contributed by atoms with Gasteiger partial charge in [0.2, 0.25) is 0 Å². The highest BCUT2D eigenvalue weighted by molar-refractivity contribution is 6.45. The second-order valence-electron chi connectivity index (χ2n) is 6.68. The molecule has 0 atom stereocenters. The predicted octanol–water partition coefficient (Wildman–Crippen LogP) is 3.32. The van der Waals surface area contributed by atoms with Crippen LogP contribution in [0.4, 0.5) is 18.9 Å². The molecule has 2 aromatic carbocycles. The number of hydrogen-bond acceptors (Lipinski definition) is 4. The maximum atomic E-state index is 13.2. The van der Waals surface area contributed by atoms with Gasteiger partial charge in [0.15, 0.2) is 0 Å². The van der Waals surface area contributed by atoms with Crippen LogP contribution < -0.4 is 4.90 Å². The zero-order chi connectivity index (χ0) is 20.6. The van der Waals surface area contributed by atoms with Crippen molar-refractivity contribution in [3.05, 3.63) is 71.4 Å². The minimum absolute atomic E-state index is 0.105. The number of hydrogen-bond donors (Lipinski definition) is 0. The molecule has 8 heteroatoms. The standard InChI is InChI=1S/C21H17F3N2O3/c22-21(23,24)15-7-4-8-16(13-15)26-19(27)17(14-5-2-1-3-6-14)18(20(26)28)25-9-11-29-12-10-25/h1-8,13H,9-12H2. The van der Waals surface area contributed by atoms with E-state index in [1.165, 1.54) is 12.1 Å².